The number of aromatic carboxylic acids is 1. The van der Waals surface area contributed by atoms with Crippen LogP contribution in [-0.2, 0) is 12.6 Å². The summed E-state index contributed by atoms with van der Waals surface area (Å²) >= 11 is 3.06. The average molecular weight is 465 g/mol. The summed E-state index contributed by atoms with van der Waals surface area (Å²) in [5.74, 6) is 0.372. The molecule has 2 aromatic carbocycles. The first-order valence-corrected chi connectivity index (χ1v) is 11.6. The SMILES string of the molecule is Cc1cc(SCC(C)Cc2ccc(C(=O)O)s2)cc(C)c1-c1ccc(C(F)(F)F)cc1. The van der Waals surface area contributed by atoms with Gasteiger partial charge >= 0.3 is 12.1 Å². The molecule has 0 saturated heterocycles. The van der Waals surface area contributed by atoms with Crippen molar-refractivity contribution in [1.82, 2.24) is 0 Å². The Bertz CT molecular complexity index is 1050. The predicted octanol–water partition coefficient (Wildman–Crippen LogP) is 7.72. The van der Waals surface area contributed by atoms with E-state index in [0.717, 1.165) is 56.3 Å². The molecule has 0 bridgehead atoms. The number of carboxylic acid groups (broad SMARTS) is 1. The number of carbonyl (C=O) groups is 1. The number of thioether (sulfide) groups is 1. The van der Waals surface area contributed by atoms with E-state index in [-0.39, 0.29) is 0 Å². The summed E-state index contributed by atoms with van der Waals surface area (Å²) in [7, 11) is 0. The van der Waals surface area contributed by atoms with Crippen molar-refractivity contribution in [2.45, 2.75) is 38.3 Å². The lowest BCUT2D eigenvalue weighted by molar-refractivity contribution is -0.137. The number of rotatable bonds is 7. The van der Waals surface area contributed by atoms with E-state index >= 15 is 0 Å². The summed E-state index contributed by atoms with van der Waals surface area (Å²) < 4.78 is 38.5. The van der Waals surface area contributed by atoms with Gasteiger partial charge in [0, 0.05) is 15.5 Å². The molecular formula is C24H23F3O2S2. The second-order valence-corrected chi connectivity index (χ2v) is 9.96. The number of halogens is 3. The monoisotopic (exact) mass is 464 g/mol. The number of hydrogen-bond acceptors (Lipinski definition) is 3. The standard InChI is InChI=1S/C24H23F3O2S2/c1-14(10-19-8-9-21(31-19)23(28)29)13-30-20-11-15(2)22(16(3)12-20)17-4-6-18(7-5-17)24(25,26)27/h4-9,11-12,14H,10,13H2,1-3H3,(H,28,29). The highest BCUT2D eigenvalue weighted by atomic mass is 32.2. The largest absolute Gasteiger partial charge is 0.477 e. The minimum Gasteiger partial charge on any atom is -0.477 e. The Morgan fingerprint density at radius 3 is 2.19 bits per heavy atom. The maximum atomic E-state index is 12.8. The molecule has 3 rings (SSSR count). The lowest BCUT2D eigenvalue weighted by Gasteiger charge is -2.15. The summed E-state index contributed by atoms with van der Waals surface area (Å²) in [4.78, 5) is 13.6. The molecule has 7 heteroatoms. The van der Waals surface area contributed by atoms with Crippen molar-refractivity contribution >= 4 is 29.1 Å². The van der Waals surface area contributed by atoms with Gasteiger partial charge in [0.05, 0.1) is 5.56 Å². The smallest absolute Gasteiger partial charge is 0.416 e. The molecule has 0 aliphatic heterocycles. The normalized spacial score (nSPS) is 12.7. The molecule has 1 unspecified atom stereocenters. The van der Waals surface area contributed by atoms with Crippen LogP contribution in [0.2, 0.25) is 0 Å². The third-order valence-corrected chi connectivity index (χ3v) is 7.36. The number of thiophene rings is 1. The van der Waals surface area contributed by atoms with Crippen LogP contribution in [0.15, 0.2) is 53.4 Å². The summed E-state index contributed by atoms with van der Waals surface area (Å²) in [6.07, 6.45) is -3.51. The molecule has 0 aliphatic carbocycles. The highest BCUT2D eigenvalue weighted by Crippen LogP contribution is 2.35. The van der Waals surface area contributed by atoms with Crippen LogP contribution in [0.5, 0.6) is 0 Å². The lowest BCUT2D eigenvalue weighted by atomic mass is 9.95. The lowest BCUT2D eigenvalue weighted by Crippen LogP contribution is -2.04. The molecule has 1 heterocycles. The summed E-state index contributed by atoms with van der Waals surface area (Å²) in [5, 5.41) is 9.05. The second-order valence-electron chi connectivity index (χ2n) is 7.70. The number of hydrogen-bond donors (Lipinski definition) is 1. The fraction of sp³-hybridized carbons (Fsp3) is 0.292. The Balaban J connectivity index is 1.67. The van der Waals surface area contributed by atoms with E-state index in [9.17, 15) is 18.0 Å². The van der Waals surface area contributed by atoms with Crippen molar-refractivity contribution in [2.24, 2.45) is 5.92 Å². The molecule has 164 valence electrons. The Kier molecular flexibility index (Phi) is 7.17. The maximum absolute atomic E-state index is 12.8. The van der Waals surface area contributed by atoms with Crippen LogP contribution in [0.4, 0.5) is 13.2 Å². The first kappa shape index (κ1) is 23.4. The van der Waals surface area contributed by atoms with Gasteiger partial charge < -0.3 is 5.11 Å². The molecule has 1 N–H and O–H groups in total. The van der Waals surface area contributed by atoms with Gasteiger partial charge in [0.25, 0.3) is 0 Å². The fourth-order valence-corrected chi connectivity index (χ4v) is 5.66. The van der Waals surface area contributed by atoms with Crippen LogP contribution >= 0.6 is 23.1 Å². The Hall–Kier alpha value is -2.25. The zero-order valence-corrected chi connectivity index (χ0v) is 19.0. The highest BCUT2D eigenvalue weighted by molar-refractivity contribution is 7.99. The molecule has 1 aromatic heterocycles. The molecule has 0 spiro atoms. The predicted molar refractivity (Wildman–Crippen MR) is 121 cm³/mol. The Labute approximate surface area is 188 Å². The van der Waals surface area contributed by atoms with Crippen molar-refractivity contribution in [3.63, 3.8) is 0 Å². The quantitative estimate of drug-likeness (QED) is 0.364. The molecule has 0 saturated carbocycles. The third kappa shape index (κ3) is 5.92. The van der Waals surface area contributed by atoms with Crippen molar-refractivity contribution in [3.8, 4) is 11.1 Å². The zero-order valence-electron chi connectivity index (χ0n) is 17.4. The van der Waals surface area contributed by atoms with Gasteiger partial charge in [-0.1, -0.05) is 19.1 Å². The molecule has 2 nitrogen and oxygen atoms in total. The van der Waals surface area contributed by atoms with Crippen molar-refractivity contribution in [1.29, 1.82) is 0 Å². The summed E-state index contributed by atoms with van der Waals surface area (Å²) in [6.45, 7) is 6.10. The van der Waals surface area contributed by atoms with Crippen LogP contribution < -0.4 is 0 Å². The van der Waals surface area contributed by atoms with E-state index in [1.54, 1.807) is 17.8 Å². The molecule has 0 radical (unpaired) electrons. The second kappa shape index (κ2) is 9.49. The van der Waals surface area contributed by atoms with Gasteiger partial charge in [-0.25, -0.2) is 4.79 Å². The molecular weight excluding hydrogens is 441 g/mol. The summed E-state index contributed by atoms with van der Waals surface area (Å²) in [5.41, 5.74) is 3.15. The van der Waals surface area contributed by atoms with Gasteiger partial charge in [-0.2, -0.15) is 13.2 Å². The average Bonchev–Trinajstić information content (AvgIpc) is 3.14. The van der Waals surface area contributed by atoms with Gasteiger partial charge in [-0.3, -0.25) is 0 Å². The number of alkyl halides is 3. The number of aryl methyl sites for hydroxylation is 2. The van der Waals surface area contributed by atoms with Crippen LogP contribution in [0.3, 0.4) is 0 Å². The zero-order chi connectivity index (χ0) is 22.8. The van der Waals surface area contributed by atoms with E-state index in [2.05, 4.69) is 19.1 Å². The minimum atomic E-state index is -4.34. The van der Waals surface area contributed by atoms with E-state index in [4.69, 9.17) is 5.11 Å². The van der Waals surface area contributed by atoms with E-state index < -0.39 is 17.7 Å². The minimum absolute atomic E-state index is 0.361. The Morgan fingerprint density at radius 2 is 1.68 bits per heavy atom. The van der Waals surface area contributed by atoms with Gasteiger partial charge in [0.1, 0.15) is 4.88 Å². The maximum Gasteiger partial charge on any atom is 0.416 e. The molecule has 0 fully saturated rings. The van der Waals surface area contributed by atoms with E-state index in [0.29, 0.717) is 10.8 Å². The van der Waals surface area contributed by atoms with Crippen LogP contribution in [0.25, 0.3) is 11.1 Å². The van der Waals surface area contributed by atoms with E-state index in [1.165, 1.54) is 23.5 Å². The molecule has 3 aromatic rings. The van der Waals surface area contributed by atoms with Crippen molar-refractivity contribution in [2.75, 3.05) is 5.75 Å². The molecule has 0 aliphatic rings. The fourth-order valence-electron chi connectivity index (χ4n) is 3.53. The van der Waals surface area contributed by atoms with Crippen LogP contribution in [-0.4, -0.2) is 16.8 Å². The first-order chi connectivity index (χ1) is 14.5. The van der Waals surface area contributed by atoms with Crippen LogP contribution in [0, 0.1) is 19.8 Å². The first-order valence-electron chi connectivity index (χ1n) is 9.78. The molecule has 1 atom stereocenters. The van der Waals surface area contributed by atoms with Gasteiger partial charge in [0.15, 0.2) is 0 Å². The molecule has 31 heavy (non-hydrogen) atoms. The highest BCUT2D eigenvalue weighted by Gasteiger charge is 2.30. The van der Waals surface area contributed by atoms with Gasteiger partial charge in [-0.15, -0.1) is 23.1 Å². The number of benzene rings is 2. The summed E-state index contributed by atoms with van der Waals surface area (Å²) in [6, 6.07) is 13.0. The third-order valence-electron chi connectivity index (χ3n) is 4.96. The van der Waals surface area contributed by atoms with Crippen molar-refractivity contribution in [3.05, 3.63) is 75.0 Å². The van der Waals surface area contributed by atoms with Gasteiger partial charge in [-0.05, 0) is 84.8 Å². The van der Waals surface area contributed by atoms with Crippen LogP contribution in [0.1, 0.15) is 38.2 Å². The number of carboxylic acids is 1. The van der Waals surface area contributed by atoms with E-state index in [1.807, 2.05) is 19.9 Å². The van der Waals surface area contributed by atoms with Crippen molar-refractivity contribution < 1.29 is 23.1 Å². The van der Waals surface area contributed by atoms with Gasteiger partial charge in [0.2, 0.25) is 0 Å². The molecule has 0 amide bonds. The topological polar surface area (TPSA) is 37.3 Å². The Morgan fingerprint density at radius 1 is 1.06 bits per heavy atom.